The first-order valence-electron chi connectivity index (χ1n) is 11.8. The Balaban J connectivity index is 0. The average molecular weight is 404 g/mol. The number of guanidine groups is 1. The lowest BCUT2D eigenvalue weighted by Gasteiger charge is -2.31. The van der Waals surface area contributed by atoms with Crippen molar-refractivity contribution in [3.63, 3.8) is 0 Å². The fourth-order valence-corrected chi connectivity index (χ4v) is 3.47. The number of hydrogen-bond donors (Lipinski definition) is 0. The molecule has 0 aliphatic carbocycles. The van der Waals surface area contributed by atoms with Gasteiger partial charge in [-0.25, -0.2) is 0 Å². The van der Waals surface area contributed by atoms with Crippen molar-refractivity contribution >= 4 is 5.96 Å². The van der Waals surface area contributed by atoms with E-state index in [2.05, 4.69) is 55.9 Å². The molecule has 3 nitrogen and oxygen atoms in total. The minimum Gasteiger partial charge on any atom is -1.00 e. The van der Waals surface area contributed by atoms with E-state index in [1.54, 1.807) is 5.96 Å². The van der Waals surface area contributed by atoms with E-state index in [0.717, 1.165) is 0 Å². The normalized spacial score (nSPS) is 10.4. The van der Waals surface area contributed by atoms with Gasteiger partial charge in [0.25, 0.3) is 0 Å². The molecule has 164 valence electrons. The molecule has 0 atom stereocenters. The third-order valence-corrected chi connectivity index (χ3v) is 4.96. The molecular formula is C23H50ClN3. The summed E-state index contributed by atoms with van der Waals surface area (Å²) in [6.45, 7) is 21.2. The second-order valence-corrected chi connectivity index (χ2v) is 7.68. The van der Waals surface area contributed by atoms with Crippen LogP contribution in [0.1, 0.15) is 106 Å². The number of nitrogens with zero attached hydrogens (tertiary/aromatic N) is 3. The number of halogens is 1. The standard InChI is InChI=1S/C23H50N3.ClH/c1-7-13-19-25(20-14-8-2)23(24(17-11-5)18-12-6)26(21-15-9-3)22-16-10-4;/h7-22H2,1-6H3;1H/q+1;/p-1. The SMILES string of the molecule is CCCCN(CCCC)C(N(CCCC)CCCC)=[N+](CCC)CCC.[Cl-]. The van der Waals surface area contributed by atoms with Crippen molar-refractivity contribution in [2.75, 3.05) is 39.3 Å². The smallest absolute Gasteiger partial charge is 0.350 e. The van der Waals surface area contributed by atoms with Gasteiger partial charge in [-0.1, -0.05) is 67.2 Å². The van der Waals surface area contributed by atoms with Crippen LogP contribution in [0.2, 0.25) is 0 Å². The van der Waals surface area contributed by atoms with Crippen molar-refractivity contribution in [3.05, 3.63) is 0 Å². The van der Waals surface area contributed by atoms with Gasteiger partial charge in [0.05, 0.1) is 39.3 Å². The van der Waals surface area contributed by atoms with Crippen LogP contribution in [-0.2, 0) is 0 Å². The fourth-order valence-electron chi connectivity index (χ4n) is 3.47. The molecule has 0 saturated heterocycles. The van der Waals surface area contributed by atoms with Crippen LogP contribution >= 0.6 is 0 Å². The molecule has 0 fully saturated rings. The molecular weight excluding hydrogens is 354 g/mol. The lowest BCUT2D eigenvalue weighted by atomic mass is 10.2. The molecule has 0 aromatic rings. The van der Waals surface area contributed by atoms with Gasteiger partial charge in [-0.05, 0) is 38.5 Å². The summed E-state index contributed by atoms with van der Waals surface area (Å²) in [5.41, 5.74) is 0. The lowest BCUT2D eigenvalue weighted by Crippen LogP contribution is -3.00. The van der Waals surface area contributed by atoms with Gasteiger partial charge in [0.2, 0.25) is 0 Å². The van der Waals surface area contributed by atoms with Gasteiger partial charge in [-0.3, -0.25) is 14.4 Å². The van der Waals surface area contributed by atoms with E-state index < -0.39 is 0 Å². The summed E-state index contributed by atoms with van der Waals surface area (Å²) >= 11 is 0. The zero-order valence-electron chi connectivity index (χ0n) is 19.5. The molecule has 0 aromatic carbocycles. The van der Waals surface area contributed by atoms with Crippen LogP contribution in [0.15, 0.2) is 0 Å². The summed E-state index contributed by atoms with van der Waals surface area (Å²) in [4.78, 5) is 5.48. The average Bonchev–Trinajstić information content (AvgIpc) is 2.65. The third-order valence-electron chi connectivity index (χ3n) is 4.96. The van der Waals surface area contributed by atoms with Gasteiger partial charge in [0.15, 0.2) is 0 Å². The van der Waals surface area contributed by atoms with Crippen LogP contribution in [-0.4, -0.2) is 59.6 Å². The predicted octanol–water partition coefficient (Wildman–Crippen LogP) is 2.98. The summed E-state index contributed by atoms with van der Waals surface area (Å²) < 4.78 is 2.70. The van der Waals surface area contributed by atoms with Gasteiger partial charge in [0.1, 0.15) is 0 Å². The molecule has 27 heavy (non-hydrogen) atoms. The molecule has 4 heteroatoms. The van der Waals surface area contributed by atoms with Crippen molar-refractivity contribution in [1.29, 1.82) is 0 Å². The van der Waals surface area contributed by atoms with Crippen LogP contribution in [0.4, 0.5) is 0 Å². The maximum Gasteiger partial charge on any atom is 0.350 e. The summed E-state index contributed by atoms with van der Waals surface area (Å²) in [5.74, 6) is 1.55. The Kier molecular flexibility index (Phi) is 21.6. The highest BCUT2D eigenvalue weighted by molar-refractivity contribution is 5.75. The van der Waals surface area contributed by atoms with E-state index in [4.69, 9.17) is 0 Å². The molecule has 0 unspecified atom stereocenters. The van der Waals surface area contributed by atoms with Gasteiger partial charge >= 0.3 is 5.96 Å². The molecule has 0 aliphatic heterocycles. The molecule has 0 rings (SSSR count). The predicted molar refractivity (Wildman–Crippen MR) is 118 cm³/mol. The Morgan fingerprint density at radius 3 is 1.04 bits per heavy atom. The largest absolute Gasteiger partial charge is 1.00 e. The number of hydrogen-bond acceptors (Lipinski definition) is 0. The van der Waals surface area contributed by atoms with E-state index >= 15 is 0 Å². The summed E-state index contributed by atoms with van der Waals surface area (Å²) in [7, 11) is 0. The van der Waals surface area contributed by atoms with Crippen molar-refractivity contribution in [3.8, 4) is 0 Å². The minimum atomic E-state index is 0. The van der Waals surface area contributed by atoms with E-state index in [1.165, 1.54) is 103 Å². The molecule has 0 radical (unpaired) electrons. The van der Waals surface area contributed by atoms with Gasteiger partial charge < -0.3 is 12.4 Å². The number of unbranched alkanes of at least 4 members (excludes halogenated alkanes) is 4. The zero-order chi connectivity index (χ0) is 19.6. The Labute approximate surface area is 178 Å². The molecule has 0 spiro atoms. The van der Waals surface area contributed by atoms with Crippen molar-refractivity contribution < 1.29 is 17.0 Å². The Bertz CT molecular complexity index is 299. The highest BCUT2D eigenvalue weighted by Gasteiger charge is 2.28. The number of rotatable bonds is 16. The first kappa shape index (κ1) is 28.8. The second-order valence-electron chi connectivity index (χ2n) is 7.68. The summed E-state index contributed by atoms with van der Waals surface area (Å²) in [5, 5.41) is 0. The van der Waals surface area contributed by atoms with E-state index in [0.29, 0.717) is 0 Å². The first-order chi connectivity index (χ1) is 12.7. The Morgan fingerprint density at radius 1 is 0.519 bits per heavy atom. The summed E-state index contributed by atoms with van der Waals surface area (Å²) in [6.07, 6.45) is 12.8. The minimum absolute atomic E-state index is 0. The summed E-state index contributed by atoms with van der Waals surface area (Å²) in [6, 6.07) is 0. The van der Waals surface area contributed by atoms with Gasteiger partial charge in [-0.15, -0.1) is 0 Å². The molecule has 0 aromatic heterocycles. The highest BCUT2D eigenvalue weighted by atomic mass is 35.5. The monoisotopic (exact) mass is 403 g/mol. The molecule has 0 aliphatic rings. The second kappa shape index (κ2) is 20.3. The van der Waals surface area contributed by atoms with Crippen LogP contribution in [0.5, 0.6) is 0 Å². The maximum absolute atomic E-state index is 2.74. The Morgan fingerprint density at radius 2 is 0.815 bits per heavy atom. The van der Waals surface area contributed by atoms with Crippen molar-refractivity contribution in [2.24, 2.45) is 0 Å². The molecule has 0 amide bonds. The van der Waals surface area contributed by atoms with Crippen LogP contribution in [0.25, 0.3) is 0 Å². The van der Waals surface area contributed by atoms with Gasteiger partial charge in [0, 0.05) is 0 Å². The quantitative estimate of drug-likeness (QED) is 0.222. The maximum atomic E-state index is 2.74. The van der Waals surface area contributed by atoms with E-state index in [-0.39, 0.29) is 12.4 Å². The lowest BCUT2D eigenvalue weighted by molar-refractivity contribution is -0.538. The Hall–Kier alpha value is -0.440. The first-order valence-corrected chi connectivity index (χ1v) is 11.8. The molecule has 0 heterocycles. The highest BCUT2D eigenvalue weighted by Crippen LogP contribution is 2.10. The van der Waals surface area contributed by atoms with Crippen LogP contribution in [0, 0.1) is 0 Å². The topological polar surface area (TPSA) is 9.49 Å². The van der Waals surface area contributed by atoms with Crippen LogP contribution in [0.3, 0.4) is 0 Å². The molecule has 0 saturated carbocycles. The van der Waals surface area contributed by atoms with Crippen molar-refractivity contribution in [1.82, 2.24) is 9.80 Å². The fraction of sp³-hybridized carbons (Fsp3) is 0.957. The van der Waals surface area contributed by atoms with E-state index in [9.17, 15) is 0 Å². The van der Waals surface area contributed by atoms with E-state index in [1.807, 2.05) is 0 Å². The van der Waals surface area contributed by atoms with Gasteiger partial charge in [-0.2, -0.15) is 0 Å². The molecule has 0 N–H and O–H groups in total. The zero-order valence-corrected chi connectivity index (χ0v) is 20.3. The third kappa shape index (κ3) is 12.6. The van der Waals surface area contributed by atoms with Crippen LogP contribution < -0.4 is 12.4 Å². The molecule has 0 bridgehead atoms. The van der Waals surface area contributed by atoms with Crippen molar-refractivity contribution in [2.45, 2.75) is 106 Å².